The highest BCUT2D eigenvalue weighted by molar-refractivity contribution is 6.65. The normalized spacial score (nSPS) is 25.6. The summed E-state index contributed by atoms with van der Waals surface area (Å²) in [5.41, 5.74) is 9.64. The number of fused-ring (bicyclic) bond motifs is 1. The van der Waals surface area contributed by atoms with Gasteiger partial charge in [-0.15, -0.1) is 0 Å². The standard InChI is InChI=1S/C13H15Cl2N5/c1-20-6-8-3-2-4-10(9(8)7-20)18-13(16)11(14)5-17-12(15)19-13/h2-5,18H,6-7,16H2,1H3,(H,17,19). The number of anilines is 1. The van der Waals surface area contributed by atoms with Gasteiger partial charge in [0.1, 0.15) is 0 Å². The maximum absolute atomic E-state index is 6.22. The summed E-state index contributed by atoms with van der Waals surface area (Å²) < 4.78 is 0. The van der Waals surface area contributed by atoms with Gasteiger partial charge in [0, 0.05) is 25.0 Å². The Morgan fingerprint density at radius 1 is 1.40 bits per heavy atom. The number of hydrogen-bond donors (Lipinski definition) is 3. The maximum Gasteiger partial charge on any atom is 0.224 e. The quantitative estimate of drug-likeness (QED) is 0.577. The third kappa shape index (κ3) is 2.38. The van der Waals surface area contributed by atoms with E-state index in [9.17, 15) is 0 Å². The van der Waals surface area contributed by atoms with E-state index in [0.717, 1.165) is 18.8 Å². The van der Waals surface area contributed by atoms with Gasteiger partial charge in [-0.2, -0.15) is 0 Å². The van der Waals surface area contributed by atoms with Gasteiger partial charge in [-0.05, 0) is 35.8 Å². The van der Waals surface area contributed by atoms with Crippen molar-refractivity contribution in [2.45, 2.75) is 18.9 Å². The summed E-state index contributed by atoms with van der Waals surface area (Å²) in [6, 6.07) is 6.08. The summed E-state index contributed by atoms with van der Waals surface area (Å²) in [6.07, 6.45) is 1.54. The average Bonchev–Trinajstić information content (AvgIpc) is 2.76. The summed E-state index contributed by atoms with van der Waals surface area (Å²) >= 11 is 12.0. The highest BCUT2D eigenvalue weighted by atomic mass is 35.5. The van der Waals surface area contributed by atoms with Gasteiger partial charge < -0.3 is 10.6 Å². The smallest absolute Gasteiger partial charge is 0.224 e. The molecule has 7 heteroatoms. The fourth-order valence-electron chi connectivity index (χ4n) is 2.47. The molecule has 0 aliphatic carbocycles. The molecule has 2 aliphatic rings. The van der Waals surface area contributed by atoms with Gasteiger partial charge in [0.25, 0.3) is 0 Å². The van der Waals surface area contributed by atoms with Crippen molar-refractivity contribution in [3.63, 3.8) is 0 Å². The molecule has 0 radical (unpaired) electrons. The Labute approximate surface area is 127 Å². The number of rotatable bonds is 2. The predicted octanol–water partition coefficient (Wildman–Crippen LogP) is 1.93. The minimum atomic E-state index is -1.24. The van der Waals surface area contributed by atoms with Crippen LogP contribution in [0.4, 0.5) is 5.69 Å². The monoisotopic (exact) mass is 311 g/mol. The Balaban J connectivity index is 1.95. The Morgan fingerprint density at radius 3 is 3.00 bits per heavy atom. The van der Waals surface area contributed by atoms with Gasteiger partial charge in [0.15, 0.2) is 5.29 Å². The van der Waals surface area contributed by atoms with E-state index in [-0.39, 0.29) is 5.29 Å². The first-order chi connectivity index (χ1) is 9.48. The zero-order valence-electron chi connectivity index (χ0n) is 11.0. The van der Waals surface area contributed by atoms with Gasteiger partial charge in [-0.3, -0.25) is 10.6 Å². The van der Waals surface area contributed by atoms with Gasteiger partial charge >= 0.3 is 0 Å². The van der Waals surface area contributed by atoms with E-state index in [0.29, 0.717) is 5.03 Å². The summed E-state index contributed by atoms with van der Waals surface area (Å²) in [5.74, 6) is -1.24. The Bertz CT molecular complexity index is 613. The minimum Gasteiger partial charge on any atom is -0.344 e. The molecule has 2 aliphatic heterocycles. The number of nitrogens with zero attached hydrogens (tertiary/aromatic N) is 2. The van der Waals surface area contributed by atoms with E-state index in [2.05, 4.69) is 33.6 Å². The van der Waals surface area contributed by atoms with Crippen molar-refractivity contribution < 1.29 is 0 Å². The first-order valence-electron chi connectivity index (χ1n) is 6.22. The van der Waals surface area contributed by atoms with Crippen molar-refractivity contribution in [3.8, 4) is 0 Å². The Kier molecular flexibility index (Phi) is 3.38. The topological polar surface area (TPSA) is 65.7 Å². The molecule has 3 rings (SSSR count). The van der Waals surface area contributed by atoms with Crippen LogP contribution in [-0.2, 0) is 13.1 Å². The van der Waals surface area contributed by atoms with E-state index in [1.165, 1.54) is 11.1 Å². The molecule has 20 heavy (non-hydrogen) atoms. The number of halogens is 2. The van der Waals surface area contributed by atoms with Crippen LogP contribution in [0.25, 0.3) is 0 Å². The van der Waals surface area contributed by atoms with Gasteiger partial charge in [-0.25, -0.2) is 4.99 Å². The molecule has 0 aromatic heterocycles. The van der Waals surface area contributed by atoms with Crippen LogP contribution in [0.15, 0.2) is 34.4 Å². The molecule has 106 valence electrons. The molecule has 0 fully saturated rings. The number of aliphatic imine (C=N–C) groups is 1. The molecule has 1 atom stereocenters. The van der Waals surface area contributed by atoms with Crippen molar-refractivity contribution in [2.24, 2.45) is 10.7 Å². The molecule has 1 aromatic rings. The highest BCUT2D eigenvalue weighted by Gasteiger charge is 2.33. The third-order valence-corrected chi connectivity index (χ3v) is 4.01. The number of hydrogen-bond acceptors (Lipinski definition) is 5. The number of nitrogens with one attached hydrogen (secondary N) is 2. The lowest BCUT2D eigenvalue weighted by molar-refractivity contribution is 0.353. The van der Waals surface area contributed by atoms with Gasteiger partial charge in [0.2, 0.25) is 5.79 Å². The fourth-order valence-corrected chi connectivity index (χ4v) is 2.80. The van der Waals surface area contributed by atoms with Gasteiger partial charge in [0.05, 0.1) is 5.03 Å². The molecule has 0 bridgehead atoms. The SMILES string of the molecule is CN1Cc2cccc(NC3(N)N=C(Cl)NC=C3Cl)c2C1. The van der Waals surface area contributed by atoms with E-state index in [1.807, 2.05) is 12.1 Å². The highest BCUT2D eigenvalue weighted by Crippen LogP contribution is 2.32. The number of nitrogens with two attached hydrogens (primary N) is 1. The molecular weight excluding hydrogens is 297 g/mol. The molecule has 0 amide bonds. The zero-order valence-corrected chi connectivity index (χ0v) is 12.5. The second-order valence-corrected chi connectivity index (χ2v) is 5.81. The molecule has 2 heterocycles. The predicted molar refractivity (Wildman–Crippen MR) is 82.5 cm³/mol. The second kappa shape index (κ2) is 4.93. The molecule has 0 saturated heterocycles. The summed E-state index contributed by atoms with van der Waals surface area (Å²) in [4.78, 5) is 6.39. The van der Waals surface area contributed by atoms with Crippen molar-refractivity contribution in [3.05, 3.63) is 40.6 Å². The number of amidine groups is 1. The first-order valence-corrected chi connectivity index (χ1v) is 6.98. The molecule has 0 saturated carbocycles. The lowest BCUT2D eigenvalue weighted by atomic mass is 10.1. The largest absolute Gasteiger partial charge is 0.344 e. The molecule has 1 unspecified atom stereocenters. The first kappa shape index (κ1) is 13.7. The molecule has 0 spiro atoms. The van der Waals surface area contributed by atoms with E-state index in [1.54, 1.807) is 6.20 Å². The van der Waals surface area contributed by atoms with Crippen LogP contribution in [0.1, 0.15) is 11.1 Å². The van der Waals surface area contributed by atoms with E-state index < -0.39 is 5.79 Å². The average molecular weight is 312 g/mol. The number of benzene rings is 1. The van der Waals surface area contributed by atoms with Crippen LogP contribution < -0.4 is 16.4 Å². The van der Waals surface area contributed by atoms with Crippen molar-refractivity contribution in [1.82, 2.24) is 10.2 Å². The van der Waals surface area contributed by atoms with Crippen LogP contribution in [0.3, 0.4) is 0 Å². The van der Waals surface area contributed by atoms with E-state index in [4.69, 9.17) is 28.9 Å². The van der Waals surface area contributed by atoms with Crippen LogP contribution in [0.5, 0.6) is 0 Å². The Morgan fingerprint density at radius 2 is 2.20 bits per heavy atom. The lowest BCUT2D eigenvalue weighted by Crippen LogP contribution is -2.50. The zero-order chi connectivity index (χ0) is 14.3. The van der Waals surface area contributed by atoms with Crippen LogP contribution in [0, 0.1) is 0 Å². The third-order valence-electron chi connectivity index (χ3n) is 3.42. The van der Waals surface area contributed by atoms with Crippen LogP contribution >= 0.6 is 23.2 Å². The van der Waals surface area contributed by atoms with Gasteiger partial charge in [-0.1, -0.05) is 23.7 Å². The van der Waals surface area contributed by atoms with Crippen molar-refractivity contribution in [2.75, 3.05) is 12.4 Å². The molecule has 1 aromatic carbocycles. The van der Waals surface area contributed by atoms with Crippen LogP contribution in [0.2, 0.25) is 0 Å². The molecule has 5 nitrogen and oxygen atoms in total. The lowest BCUT2D eigenvalue weighted by Gasteiger charge is -2.30. The maximum atomic E-state index is 6.22. The van der Waals surface area contributed by atoms with E-state index >= 15 is 0 Å². The summed E-state index contributed by atoms with van der Waals surface area (Å²) in [7, 11) is 2.08. The summed E-state index contributed by atoms with van der Waals surface area (Å²) in [5, 5.41) is 6.48. The van der Waals surface area contributed by atoms with Crippen LogP contribution in [-0.4, -0.2) is 23.0 Å². The van der Waals surface area contributed by atoms with Crippen molar-refractivity contribution in [1.29, 1.82) is 0 Å². The molecular formula is C13H15Cl2N5. The summed E-state index contributed by atoms with van der Waals surface area (Å²) in [6.45, 7) is 1.79. The fraction of sp³-hybridized carbons (Fsp3) is 0.308. The Hall–Kier alpha value is -1.27. The second-order valence-electron chi connectivity index (χ2n) is 5.05. The minimum absolute atomic E-state index is 0.203. The molecule has 4 N–H and O–H groups in total. The van der Waals surface area contributed by atoms with Crippen molar-refractivity contribution >= 4 is 34.2 Å².